The molecule has 2 heterocycles. The largest absolute Gasteiger partial charge is 0.342 e. The second-order valence-electron chi connectivity index (χ2n) is 9.40. The molecule has 0 aliphatic rings. The van der Waals surface area contributed by atoms with Gasteiger partial charge in [-0.15, -0.1) is 0 Å². The molecule has 0 radical (unpaired) electrons. The summed E-state index contributed by atoms with van der Waals surface area (Å²) in [6.07, 6.45) is 0.486. The van der Waals surface area contributed by atoms with Gasteiger partial charge in [-0.05, 0) is 47.4 Å². The Kier molecular flexibility index (Phi) is 5.21. The molecule has 5 rings (SSSR count). The maximum absolute atomic E-state index is 13.2. The fourth-order valence-electron chi connectivity index (χ4n) is 4.01. The number of carbonyl (C=O) groups is 1. The number of hydrogen-bond donors (Lipinski definition) is 3. The topological polar surface area (TPSA) is 86.5 Å². The first-order valence-corrected chi connectivity index (χ1v) is 11.2. The second kappa shape index (κ2) is 8.20. The van der Waals surface area contributed by atoms with Gasteiger partial charge in [0.05, 0.1) is 28.1 Å². The van der Waals surface area contributed by atoms with Crippen molar-refractivity contribution in [1.29, 1.82) is 0 Å². The quantitative estimate of drug-likeness (QED) is 0.342. The standard InChI is InChI=1S/C27H27N5O/c1-27(2,3)18-14-12-17(13-15-18)26(33)32-23(25-30-21-10-6-7-11-22(21)31-25)16-24-28-19-8-4-5-9-20(19)29-24/h4-15,23H,16H2,1-3H3,(H,28,29)(H,30,31)(H,32,33). The Labute approximate surface area is 192 Å². The van der Waals surface area contributed by atoms with Gasteiger partial charge in [0, 0.05) is 12.0 Å². The highest BCUT2D eigenvalue weighted by molar-refractivity contribution is 5.94. The Morgan fingerprint density at radius 3 is 2.06 bits per heavy atom. The number of carbonyl (C=O) groups excluding carboxylic acids is 1. The number of aromatic amines is 2. The average Bonchev–Trinajstić information content (AvgIpc) is 3.41. The minimum atomic E-state index is -0.368. The lowest BCUT2D eigenvalue weighted by Gasteiger charge is -2.20. The summed E-state index contributed by atoms with van der Waals surface area (Å²) in [4.78, 5) is 29.4. The van der Waals surface area contributed by atoms with Crippen LogP contribution in [0.2, 0.25) is 0 Å². The van der Waals surface area contributed by atoms with Crippen molar-refractivity contribution in [3.05, 3.63) is 95.6 Å². The number of nitrogens with one attached hydrogen (secondary N) is 3. The van der Waals surface area contributed by atoms with Crippen LogP contribution in [0.1, 0.15) is 54.4 Å². The molecule has 1 atom stereocenters. The molecule has 5 aromatic rings. The van der Waals surface area contributed by atoms with Crippen molar-refractivity contribution in [3.8, 4) is 0 Å². The van der Waals surface area contributed by atoms with Gasteiger partial charge in [-0.3, -0.25) is 4.79 Å². The highest BCUT2D eigenvalue weighted by Gasteiger charge is 2.22. The summed E-state index contributed by atoms with van der Waals surface area (Å²) in [6.45, 7) is 6.48. The SMILES string of the molecule is CC(C)(C)c1ccc(C(=O)NC(Cc2nc3ccccc3[nH]2)c2nc3ccccc3[nH]2)cc1. The van der Waals surface area contributed by atoms with E-state index in [1.807, 2.05) is 72.8 Å². The normalized spacial score (nSPS) is 12.8. The zero-order chi connectivity index (χ0) is 23.0. The van der Waals surface area contributed by atoms with Crippen LogP contribution in [0.3, 0.4) is 0 Å². The van der Waals surface area contributed by atoms with Crippen LogP contribution in [-0.4, -0.2) is 25.8 Å². The van der Waals surface area contributed by atoms with Crippen LogP contribution in [0, 0.1) is 0 Å². The molecule has 1 amide bonds. The van der Waals surface area contributed by atoms with Crippen molar-refractivity contribution < 1.29 is 4.79 Å². The number of H-pyrrole nitrogens is 2. The minimum Gasteiger partial charge on any atom is -0.342 e. The van der Waals surface area contributed by atoms with Crippen LogP contribution in [0.25, 0.3) is 22.1 Å². The molecule has 3 aromatic carbocycles. The molecule has 6 nitrogen and oxygen atoms in total. The lowest BCUT2D eigenvalue weighted by molar-refractivity contribution is 0.0934. The third-order valence-corrected chi connectivity index (χ3v) is 5.89. The van der Waals surface area contributed by atoms with Crippen molar-refractivity contribution >= 4 is 28.0 Å². The van der Waals surface area contributed by atoms with E-state index in [1.54, 1.807) is 0 Å². The fraction of sp³-hybridized carbons (Fsp3) is 0.222. The number of imidazole rings is 2. The summed E-state index contributed by atoms with van der Waals surface area (Å²) in [5.41, 5.74) is 5.52. The minimum absolute atomic E-state index is 0.0348. The van der Waals surface area contributed by atoms with Gasteiger partial charge >= 0.3 is 0 Å². The van der Waals surface area contributed by atoms with Crippen LogP contribution in [0.4, 0.5) is 0 Å². The number of hydrogen-bond acceptors (Lipinski definition) is 3. The van der Waals surface area contributed by atoms with E-state index in [9.17, 15) is 4.79 Å². The molecular weight excluding hydrogens is 410 g/mol. The molecular formula is C27H27N5O. The maximum atomic E-state index is 13.2. The van der Waals surface area contributed by atoms with Crippen LogP contribution in [-0.2, 0) is 11.8 Å². The number of fused-ring (bicyclic) bond motifs is 2. The number of rotatable bonds is 5. The van der Waals surface area contributed by atoms with Crippen molar-refractivity contribution in [1.82, 2.24) is 25.3 Å². The lowest BCUT2D eigenvalue weighted by Crippen LogP contribution is -2.31. The molecule has 0 saturated carbocycles. The van der Waals surface area contributed by atoms with Gasteiger partial charge < -0.3 is 15.3 Å². The molecule has 0 aliphatic heterocycles. The van der Waals surface area contributed by atoms with Crippen molar-refractivity contribution in [2.24, 2.45) is 0 Å². The van der Waals surface area contributed by atoms with Crippen LogP contribution in [0.5, 0.6) is 0 Å². The van der Waals surface area contributed by atoms with Gasteiger partial charge in [-0.25, -0.2) is 9.97 Å². The Hall–Kier alpha value is -3.93. The van der Waals surface area contributed by atoms with Gasteiger partial charge in [0.15, 0.2) is 0 Å². The van der Waals surface area contributed by atoms with Crippen LogP contribution < -0.4 is 5.32 Å². The van der Waals surface area contributed by atoms with E-state index >= 15 is 0 Å². The zero-order valence-corrected chi connectivity index (χ0v) is 19.0. The lowest BCUT2D eigenvalue weighted by atomic mass is 9.86. The number of para-hydroxylation sites is 4. The van der Waals surface area contributed by atoms with Crippen molar-refractivity contribution in [3.63, 3.8) is 0 Å². The highest BCUT2D eigenvalue weighted by Crippen LogP contribution is 2.24. The second-order valence-corrected chi connectivity index (χ2v) is 9.40. The predicted molar refractivity (Wildman–Crippen MR) is 131 cm³/mol. The summed E-state index contributed by atoms with van der Waals surface area (Å²) in [5.74, 6) is 1.36. The van der Waals surface area contributed by atoms with E-state index in [1.165, 1.54) is 5.56 Å². The smallest absolute Gasteiger partial charge is 0.251 e. The van der Waals surface area contributed by atoms with E-state index in [0.717, 1.165) is 27.9 Å². The molecule has 0 spiro atoms. The molecule has 3 N–H and O–H groups in total. The first-order chi connectivity index (χ1) is 15.9. The third kappa shape index (κ3) is 4.37. The number of aromatic nitrogens is 4. The maximum Gasteiger partial charge on any atom is 0.251 e. The summed E-state index contributed by atoms with van der Waals surface area (Å²) in [7, 11) is 0. The molecule has 33 heavy (non-hydrogen) atoms. The van der Waals surface area contributed by atoms with Crippen molar-refractivity contribution in [2.75, 3.05) is 0 Å². The van der Waals surface area contributed by atoms with E-state index in [2.05, 4.69) is 36.1 Å². The van der Waals surface area contributed by atoms with Crippen LogP contribution >= 0.6 is 0 Å². The average molecular weight is 438 g/mol. The van der Waals surface area contributed by atoms with Crippen LogP contribution in [0.15, 0.2) is 72.8 Å². The zero-order valence-electron chi connectivity index (χ0n) is 19.0. The Morgan fingerprint density at radius 1 is 0.848 bits per heavy atom. The van der Waals surface area contributed by atoms with Crippen molar-refractivity contribution in [2.45, 2.75) is 38.6 Å². The number of nitrogens with zero attached hydrogens (tertiary/aromatic N) is 2. The van der Waals surface area contributed by atoms with Gasteiger partial charge in [0.1, 0.15) is 11.6 Å². The molecule has 0 aliphatic carbocycles. The van der Waals surface area contributed by atoms with Gasteiger partial charge in [-0.2, -0.15) is 0 Å². The van der Waals surface area contributed by atoms with Gasteiger partial charge in [0.25, 0.3) is 5.91 Å². The van der Waals surface area contributed by atoms with E-state index < -0.39 is 0 Å². The molecule has 166 valence electrons. The highest BCUT2D eigenvalue weighted by atomic mass is 16.1. The van der Waals surface area contributed by atoms with Gasteiger partial charge in [-0.1, -0.05) is 57.2 Å². The van der Waals surface area contributed by atoms with E-state index in [4.69, 9.17) is 9.97 Å². The molecule has 0 fully saturated rings. The summed E-state index contributed by atoms with van der Waals surface area (Å²) in [5, 5.41) is 3.17. The van der Waals surface area contributed by atoms with E-state index in [0.29, 0.717) is 17.8 Å². The predicted octanol–water partition coefficient (Wildman–Crippen LogP) is 5.45. The van der Waals surface area contributed by atoms with E-state index in [-0.39, 0.29) is 17.4 Å². The monoisotopic (exact) mass is 437 g/mol. The summed E-state index contributed by atoms with van der Waals surface area (Å²) < 4.78 is 0. The molecule has 0 saturated heterocycles. The summed E-state index contributed by atoms with van der Waals surface area (Å²) >= 11 is 0. The Bertz CT molecular complexity index is 1360. The Morgan fingerprint density at radius 2 is 1.45 bits per heavy atom. The molecule has 1 unspecified atom stereocenters. The first-order valence-electron chi connectivity index (χ1n) is 11.2. The first kappa shape index (κ1) is 20.9. The molecule has 6 heteroatoms. The fourth-order valence-corrected chi connectivity index (χ4v) is 4.01. The molecule has 0 bridgehead atoms. The number of amides is 1. The molecule has 2 aromatic heterocycles. The summed E-state index contributed by atoms with van der Waals surface area (Å²) in [6, 6.07) is 23.2. The third-order valence-electron chi connectivity index (χ3n) is 5.89. The van der Waals surface area contributed by atoms with Gasteiger partial charge in [0.2, 0.25) is 0 Å². The number of benzene rings is 3. The Balaban J connectivity index is 1.45.